The van der Waals surface area contributed by atoms with E-state index in [1.54, 1.807) is 4.90 Å². The number of likely N-dealkylation sites (N-methyl/N-ethyl adjacent to an activating group) is 1. The van der Waals surface area contributed by atoms with Gasteiger partial charge in [-0.15, -0.1) is 0 Å². The van der Waals surface area contributed by atoms with Crippen molar-refractivity contribution in [2.24, 2.45) is 5.92 Å². The van der Waals surface area contributed by atoms with Crippen molar-refractivity contribution >= 4 is 17.6 Å². The Balaban J connectivity index is 1.61. The van der Waals surface area contributed by atoms with Crippen LogP contribution in [0.15, 0.2) is 54.6 Å². The molecule has 3 amide bonds. The summed E-state index contributed by atoms with van der Waals surface area (Å²) < 4.78 is 0. The molecule has 31 heavy (non-hydrogen) atoms. The number of hydrogen-bond donors (Lipinski definition) is 2. The summed E-state index contributed by atoms with van der Waals surface area (Å²) in [7, 11) is 1.81. The number of anilines is 1. The van der Waals surface area contributed by atoms with E-state index in [4.69, 9.17) is 0 Å². The number of carbonyl (C=O) groups excluding carboxylic acids is 2. The van der Waals surface area contributed by atoms with Gasteiger partial charge in [0.05, 0.1) is 0 Å². The fraction of sp³-hybridized carbons (Fsp3) is 0.440. The molecule has 0 bridgehead atoms. The standard InChI is InChI=1S/C25H34N4O2/c1-19(2)23(27-25(31)26-17-20-11-5-4-6-12-20)24(30)28(3)18-21-13-7-8-14-22(21)29-15-9-10-16-29/h4-8,11-14,19,23H,9-10,15-18H2,1-3H3,(H2,26,27,31). The van der Waals surface area contributed by atoms with Crippen LogP contribution < -0.4 is 15.5 Å². The van der Waals surface area contributed by atoms with Gasteiger partial charge < -0.3 is 20.4 Å². The Labute approximate surface area is 185 Å². The van der Waals surface area contributed by atoms with Crippen molar-refractivity contribution in [1.82, 2.24) is 15.5 Å². The molecule has 2 N–H and O–H groups in total. The molecule has 2 aromatic carbocycles. The van der Waals surface area contributed by atoms with Crippen LogP contribution in [0.3, 0.4) is 0 Å². The zero-order valence-corrected chi connectivity index (χ0v) is 18.8. The highest BCUT2D eigenvalue weighted by molar-refractivity contribution is 5.87. The number of rotatable bonds is 8. The van der Waals surface area contributed by atoms with Crippen LogP contribution in [0.25, 0.3) is 0 Å². The summed E-state index contributed by atoms with van der Waals surface area (Å²) in [5.41, 5.74) is 3.35. The van der Waals surface area contributed by atoms with Crippen LogP contribution >= 0.6 is 0 Å². The van der Waals surface area contributed by atoms with Crippen LogP contribution in [0.4, 0.5) is 10.5 Å². The summed E-state index contributed by atoms with van der Waals surface area (Å²) in [4.78, 5) is 29.8. The molecule has 3 rings (SSSR count). The number of urea groups is 1. The quantitative estimate of drug-likeness (QED) is 0.681. The highest BCUT2D eigenvalue weighted by Gasteiger charge is 2.27. The summed E-state index contributed by atoms with van der Waals surface area (Å²) in [5.74, 6) is -0.104. The number of nitrogens with one attached hydrogen (secondary N) is 2. The normalized spacial score (nSPS) is 14.4. The fourth-order valence-corrected chi connectivity index (χ4v) is 3.97. The molecule has 166 valence electrons. The third-order valence-corrected chi connectivity index (χ3v) is 5.74. The zero-order chi connectivity index (χ0) is 22.2. The Morgan fingerprint density at radius 2 is 1.65 bits per heavy atom. The van der Waals surface area contributed by atoms with Crippen molar-refractivity contribution in [2.75, 3.05) is 25.0 Å². The van der Waals surface area contributed by atoms with Crippen molar-refractivity contribution in [3.8, 4) is 0 Å². The van der Waals surface area contributed by atoms with Crippen molar-refractivity contribution in [1.29, 1.82) is 0 Å². The minimum atomic E-state index is -0.584. The summed E-state index contributed by atoms with van der Waals surface area (Å²) >= 11 is 0. The molecular weight excluding hydrogens is 388 g/mol. The molecule has 0 aliphatic carbocycles. The second kappa shape index (κ2) is 10.8. The Hall–Kier alpha value is -3.02. The highest BCUT2D eigenvalue weighted by Crippen LogP contribution is 2.25. The highest BCUT2D eigenvalue weighted by atomic mass is 16.2. The van der Waals surface area contributed by atoms with E-state index in [1.807, 2.05) is 57.3 Å². The molecule has 1 heterocycles. The van der Waals surface area contributed by atoms with Crippen molar-refractivity contribution in [3.63, 3.8) is 0 Å². The van der Waals surface area contributed by atoms with Gasteiger partial charge in [-0.05, 0) is 36.0 Å². The van der Waals surface area contributed by atoms with Crippen LogP contribution in [0, 0.1) is 5.92 Å². The molecule has 1 saturated heterocycles. The summed E-state index contributed by atoms with van der Waals surface area (Å²) in [6, 6.07) is 17.1. The molecule has 1 aliphatic rings. The lowest BCUT2D eigenvalue weighted by atomic mass is 10.0. The van der Waals surface area contributed by atoms with Gasteiger partial charge in [0.25, 0.3) is 0 Å². The lowest BCUT2D eigenvalue weighted by molar-refractivity contribution is -0.133. The first-order valence-corrected chi connectivity index (χ1v) is 11.1. The first-order valence-electron chi connectivity index (χ1n) is 11.1. The fourth-order valence-electron chi connectivity index (χ4n) is 3.97. The SMILES string of the molecule is CC(C)C(NC(=O)NCc1ccccc1)C(=O)N(C)Cc1ccccc1N1CCCC1. The minimum absolute atomic E-state index is 0.0220. The number of benzene rings is 2. The number of para-hydroxylation sites is 1. The first-order chi connectivity index (χ1) is 15.0. The van der Waals surface area contributed by atoms with Gasteiger partial charge in [-0.1, -0.05) is 62.4 Å². The number of hydrogen-bond acceptors (Lipinski definition) is 3. The van der Waals surface area contributed by atoms with Crippen LogP contribution in [-0.4, -0.2) is 43.0 Å². The van der Waals surface area contributed by atoms with Gasteiger partial charge in [-0.2, -0.15) is 0 Å². The molecule has 0 aromatic heterocycles. The molecule has 2 aromatic rings. The minimum Gasteiger partial charge on any atom is -0.371 e. The molecular formula is C25H34N4O2. The zero-order valence-electron chi connectivity index (χ0n) is 18.8. The lowest BCUT2D eigenvalue weighted by Gasteiger charge is -2.29. The van der Waals surface area contributed by atoms with E-state index in [1.165, 1.54) is 18.5 Å². The third kappa shape index (κ3) is 6.23. The Kier molecular flexibility index (Phi) is 7.93. The van der Waals surface area contributed by atoms with E-state index < -0.39 is 6.04 Å². The van der Waals surface area contributed by atoms with E-state index in [2.05, 4.69) is 33.7 Å². The molecule has 1 fully saturated rings. The topological polar surface area (TPSA) is 64.7 Å². The van der Waals surface area contributed by atoms with Crippen molar-refractivity contribution < 1.29 is 9.59 Å². The van der Waals surface area contributed by atoms with Gasteiger partial charge >= 0.3 is 6.03 Å². The predicted octanol–water partition coefficient (Wildman–Crippen LogP) is 3.77. The largest absolute Gasteiger partial charge is 0.371 e. The number of amides is 3. The maximum Gasteiger partial charge on any atom is 0.315 e. The number of carbonyl (C=O) groups is 2. The Morgan fingerprint density at radius 3 is 2.32 bits per heavy atom. The van der Waals surface area contributed by atoms with Crippen molar-refractivity contribution in [2.45, 2.75) is 45.8 Å². The molecule has 0 radical (unpaired) electrons. The van der Waals surface area contributed by atoms with Gasteiger partial charge in [0.2, 0.25) is 5.91 Å². The average Bonchev–Trinajstić information content (AvgIpc) is 3.31. The molecule has 1 aliphatic heterocycles. The maximum absolute atomic E-state index is 13.2. The lowest BCUT2D eigenvalue weighted by Crippen LogP contribution is -2.52. The van der Waals surface area contributed by atoms with Gasteiger partial charge in [-0.25, -0.2) is 4.79 Å². The smallest absolute Gasteiger partial charge is 0.315 e. The Bertz CT molecular complexity index is 863. The molecule has 6 heteroatoms. The molecule has 0 saturated carbocycles. The van der Waals surface area contributed by atoms with Gasteiger partial charge in [0.15, 0.2) is 0 Å². The third-order valence-electron chi connectivity index (χ3n) is 5.74. The molecule has 1 atom stereocenters. The number of nitrogens with zero attached hydrogens (tertiary/aromatic N) is 2. The van der Waals surface area contributed by atoms with Crippen molar-refractivity contribution in [3.05, 3.63) is 65.7 Å². The summed E-state index contributed by atoms with van der Waals surface area (Å²) in [6.07, 6.45) is 2.42. The van der Waals surface area contributed by atoms with E-state index in [-0.39, 0.29) is 17.9 Å². The van der Waals surface area contributed by atoms with Crippen LogP contribution in [-0.2, 0) is 17.9 Å². The first kappa shape index (κ1) is 22.7. The predicted molar refractivity (Wildman–Crippen MR) is 125 cm³/mol. The van der Waals surface area contributed by atoms with E-state index in [9.17, 15) is 9.59 Å². The summed E-state index contributed by atoms with van der Waals surface area (Å²) in [5, 5.41) is 5.72. The Morgan fingerprint density at radius 1 is 1.00 bits per heavy atom. The summed E-state index contributed by atoms with van der Waals surface area (Å²) in [6.45, 7) is 6.96. The second-order valence-corrected chi connectivity index (χ2v) is 8.55. The molecule has 1 unspecified atom stereocenters. The van der Waals surface area contributed by atoms with E-state index in [0.29, 0.717) is 13.1 Å². The van der Waals surface area contributed by atoms with E-state index >= 15 is 0 Å². The van der Waals surface area contributed by atoms with Gasteiger partial charge in [0, 0.05) is 38.9 Å². The van der Waals surface area contributed by atoms with Crippen LogP contribution in [0.5, 0.6) is 0 Å². The maximum atomic E-state index is 13.2. The molecule has 6 nitrogen and oxygen atoms in total. The monoisotopic (exact) mass is 422 g/mol. The van der Waals surface area contributed by atoms with Gasteiger partial charge in [-0.3, -0.25) is 4.79 Å². The van der Waals surface area contributed by atoms with Gasteiger partial charge in [0.1, 0.15) is 6.04 Å². The molecule has 0 spiro atoms. The van der Waals surface area contributed by atoms with E-state index in [0.717, 1.165) is 24.2 Å². The van der Waals surface area contributed by atoms with Crippen LogP contribution in [0.1, 0.15) is 37.8 Å². The second-order valence-electron chi connectivity index (χ2n) is 8.55. The van der Waals surface area contributed by atoms with Crippen LogP contribution in [0.2, 0.25) is 0 Å². The average molecular weight is 423 g/mol.